The van der Waals surface area contributed by atoms with Gasteiger partial charge in [-0.3, -0.25) is 4.79 Å². The minimum Gasteiger partial charge on any atom is -0.496 e. The monoisotopic (exact) mass is 235 g/mol. The largest absolute Gasteiger partial charge is 0.496 e. The lowest BCUT2D eigenvalue weighted by molar-refractivity contribution is 0.0590. The van der Waals surface area contributed by atoms with E-state index < -0.39 is 5.97 Å². The van der Waals surface area contributed by atoms with Gasteiger partial charge in [0.25, 0.3) is 5.91 Å². The van der Waals surface area contributed by atoms with Crippen LogP contribution in [0.4, 0.5) is 0 Å². The maximum Gasteiger partial charge on any atom is 0.342 e. The Bertz CT molecular complexity index is 496. The van der Waals surface area contributed by atoms with E-state index in [2.05, 4.69) is 0 Å². The van der Waals surface area contributed by atoms with Gasteiger partial charge < -0.3 is 14.4 Å². The van der Waals surface area contributed by atoms with Gasteiger partial charge in [0.15, 0.2) is 0 Å². The Morgan fingerprint density at radius 3 is 2.65 bits per heavy atom. The molecule has 1 heterocycles. The third-order valence-corrected chi connectivity index (χ3v) is 2.83. The minimum atomic E-state index is -0.553. The fourth-order valence-corrected chi connectivity index (χ4v) is 2.00. The zero-order valence-corrected chi connectivity index (χ0v) is 9.94. The average Bonchev–Trinajstić information content (AvgIpc) is 2.63. The van der Waals surface area contributed by atoms with Crippen LogP contribution in [0.1, 0.15) is 26.3 Å². The van der Waals surface area contributed by atoms with Gasteiger partial charge in [-0.05, 0) is 11.6 Å². The second-order valence-electron chi connectivity index (χ2n) is 3.83. The molecule has 17 heavy (non-hydrogen) atoms. The molecule has 0 fully saturated rings. The molecule has 0 atom stereocenters. The molecule has 0 aromatic heterocycles. The summed E-state index contributed by atoms with van der Waals surface area (Å²) < 4.78 is 9.80. The zero-order chi connectivity index (χ0) is 12.6. The molecule has 0 N–H and O–H groups in total. The van der Waals surface area contributed by atoms with Crippen LogP contribution in [-0.2, 0) is 11.3 Å². The first kappa shape index (κ1) is 11.4. The molecule has 0 radical (unpaired) electrons. The highest BCUT2D eigenvalue weighted by molar-refractivity contribution is 6.09. The van der Waals surface area contributed by atoms with Gasteiger partial charge >= 0.3 is 5.97 Å². The van der Waals surface area contributed by atoms with Crippen molar-refractivity contribution in [3.8, 4) is 5.75 Å². The van der Waals surface area contributed by atoms with E-state index in [1.807, 2.05) is 0 Å². The molecule has 1 aromatic carbocycles. The maximum atomic E-state index is 12.0. The van der Waals surface area contributed by atoms with Crippen LogP contribution in [0.5, 0.6) is 5.75 Å². The first-order valence-electron chi connectivity index (χ1n) is 5.13. The highest BCUT2D eigenvalue weighted by atomic mass is 16.5. The van der Waals surface area contributed by atoms with Gasteiger partial charge in [-0.15, -0.1) is 0 Å². The third-order valence-electron chi connectivity index (χ3n) is 2.83. The molecule has 1 aliphatic rings. The summed E-state index contributed by atoms with van der Waals surface area (Å²) in [7, 11) is 4.43. The summed E-state index contributed by atoms with van der Waals surface area (Å²) in [5, 5.41) is 0. The molecule has 5 heteroatoms. The van der Waals surface area contributed by atoms with E-state index in [-0.39, 0.29) is 11.5 Å². The van der Waals surface area contributed by atoms with Crippen molar-refractivity contribution in [2.75, 3.05) is 21.3 Å². The highest BCUT2D eigenvalue weighted by Gasteiger charge is 2.32. The summed E-state index contributed by atoms with van der Waals surface area (Å²) in [6.07, 6.45) is 0. The Kier molecular flexibility index (Phi) is 2.75. The number of hydrogen-bond donors (Lipinski definition) is 0. The highest BCUT2D eigenvalue weighted by Crippen LogP contribution is 2.31. The number of esters is 1. The van der Waals surface area contributed by atoms with Crippen molar-refractivity contribution in [2.45, 2.75) is 6.54 Å². The predicted octanol–water partition coefficient (Wildman–Crippen LogP) is 1.07. The molecule has 5 nitrogen and oxygen atoms in total. The van der Waals surface area contributed by atoms with Gasteiger partial charge in [0.2, 0.25) is 0 Å². The lowest BCUT2D eigenvalue weighted by atomic mass is 10.0. The lowest BCUT2D eigenvalue weighted by Gasteiger charge is -2.10. The normalized spacial score (nSPS) is 13.6. The van der Waals surface area contributed by atoms with Gasteiger partial charge in [0, 0.05) is 13.6 Å². The average molecular weight is 235 g/mol. The van der Waals surface area contributed by atoms with E-state index in [4.69, 9.17) is 9.47 Å². The molecule has 0 saturated carbocycles. The third kappa shape index (κ3) is 1.63. The van der Waals surface area contributed by atoms with Crippen LogP contribution in [0.2, 0.25) is 0 Å². The Labute approximate surface area is 98.9 Å². The molecule has 1 aromatic rings. The van der Waals surface area contributed by atoms with E-state index in [1.165, 1.54) is 14.2 Å². The predicted molar refractivity (Wildman–Crippen MR) is 60.1 cm³/mol. The molecule has 1 aliphatic heterocycles. The van der Waals surface area contributed by atoms with Gasteiger partial charge in [-0.2, -0.15) is 0 Å². The van der Waals surface area contributed by atoms with Crippen LogP contribution in [0.25, 0.3) is 0 Å². The number of carbonyl (C=O) groups excluding carboxylic acids is 2. The molecule has 0 spiro atoms. The quantitative estimate of drug-likeness (QED) is 0.719. The summed E-state index contributed by atoms with van der Waals surface area (Å²) in [6.45, 7) is 0.502. The van der Waals surface area contributed by atoms with Gasteiger partial charge in [-0.25, -0.2) is 4.79 Å². The molecular weight excluding hydrogens is 222 g/mol. The molecule has 90 valence electrons. The number of fused-ring (bicyclic) bond motifs is 1. The number of nitrogens with zero attached hydrogens (tertiary/aromatic N) is 1. The smallest absolute Gasteiger partial charge is 0.342 e. The van der Waals surface area contributed by atoms with Crippen molar-refractivity contribution >= 4 is 11.9 Å². The molecule has 0 saturated heterocycles. The van der Waals surface area contributed by atoms with Crippen LogP contribution in [0.3, 0.4) is 0 Å². The van der Waals surface area contributed by atoms with Crippen molar-refractivity contribution in [1.82, 2.24) is 4.90 Å². The summed E-state index contributed by atoms with van der Waals surface area (Å²) in [6, 6.07) is 3.47. The Hall–Kier alpha value is -2.04. The standard InChI is InChI=1S/C12H13NO4/c1-13-6-7-4-5-8(16-2)10(12(15)17-3)9(7)11(13)14/h4-5H,6H2,1-3H3. The van der Waals surface area contributed by atoms with Crippen LogP contribution >= 0.6 is 0 Å². The van der Waals surface area contributed by atoms with E-state index in [0.717, 1.165) is 5.56 Å². The van der Waals surface area contributed by atoms with Gasteiger partial charge in [-0.1, -0.05) is 6.07 Å². The van der Waals surface area contributed by atoms with Crippen LogP contribution in [-0.4, -0.2) is 38.0 Å². The number of carbonyl (C=O) groups is 2. The Balaban J connectivity index is 2.67. The molecule has 2 rings (SSSR count). The van der Waals surface area contributed by atoms with E-state index in [1.54, 1.807) is 24.1 Å². The topological polar surface area (TPSA) is 55.8 Å². The first-order valence-corrected chi connectivity index (χ1v) is 5.13. The molecule has 0 aliphatic carbocycles. The number of benzene rings is 1. The van der Waals surface area contributed by atoms with Crippen molar-refractivity contribution in [3.05, 3.63) is 28.8 Å². The molecule has 0 bridgehead atoms. The SMILES string of the molecule is COC(=O)c1c(OC)ccc2c1C(=O)N(C)C2. The maximum absolute atomic E-state index is 12.0. The van der Waals surface area contributed by atoms with E-state index in [9.17, 15) is 9.59 Å². The van der Waals surface area contributed by atoms with E-state index in [0.29, 0.717) is 17.9 Å². The van der Waals surface area contributed by atoms with Crippen LogP contribution < -0.4 is 4.74 Å². The molecule has 0 unspecified atom stereocenters. The second-order valence-corrected chi connectivity index (χ2v) is 3.83. The lowest BCUT2D eigenvalue weighted by Crippen LogP contribution is -2.19. The van der Waals surface area contributed by atoms with Crippen molar-refractivity contribution in [1.29, 1.82) is 0 Å². The fourth-order valence-electron chi connectivity index (χ4n) is 2.00. The Morgan fingerprint density at radius 1 is 1.35 bits per heavy atom. The van der Waals surface area contributed by atoms with Gasteiger partial charge in [0.05, 0.1) is 19.8 Å². The van der Waals surface area contributed by atoms with Crippen LogP contribution in [0, 0.1) is 0 Å². The first-order chi connectivity index (χ1) is 8.10. The van der Waals surface area contributed by atoms with Crippen LogP contribution in [0.15, 0.2) is 12.1 Å². The fraction of sp³-hybridized carbons (Fsp3) is 0.333. The number of methoxy groups -OCH3 is 2. The summed E-state index contributed by atoms with van der Waals surface area (Å²) in [5.41, 5.74) is 1.42. The summed E-state index contributed by atoms with van der Waals surface area (Å²) >= 11 is 0. The molecular formula is C12H13NO4. The van der Waals surface area contributed by atoms with Crippen molar-refractivity contribution in [3.63, 3.8) is 0 Å². The number of amides is 1. The molecule has 1 amide bonds. The number of ether oxygens (including phenoxy) is 2. The Morgan fingerprint density at radius 2 is 2.06 bits per heavy atom. The van der Waals surface area contributed by atoms with Crippen molar-refractivity contribution in [2.24, 2.45) is 0 Å². The minimum absolute atomic E-state index is 0.181. The number of rotatable bonds is 2. The van der Waals surface area contributed by atoms with E-state index >= 15 is 0 Å². The zero-order valence-electron chi connectivity index (χ0n) is 9.94. The van der Waals surface area contributed by atoms with Gasteiger partial charge in [0.1, 0.15) is 11.3 Å². The summed E-state index contributed by atoms with van der Waals surface area (Å²) in [4.78, 5) is 25.3. The second kappa shape index (κ2) is 4.08. The number of hydrogen-bond acceptors (Lipinski definition) is 4. The van der Waals surface area contributed by atoms with Crippen molar-refractivity contribution < 1.29 is 19.1 Å². The summed E-state index contributed by atoms with van der Waals surface area (Å²) in [5.74, 6) is -0.374.